The molecule has 21 heavy (non-hydrogen) atoms. The Morgan fingerprint density at radius 2 is 1.81 bits per heavy atom. The zero-order chi connectivity index (χ0) is 15.2. The summed E-state index contributed by atoms with van der Waals surface area (Å²) in [5, 5.41) is 3.78. The highest BCUT2D eigenvalue weighted by molar-refractivity contribution is 7.99. The van der Waals surface area contributed by atoms with Gasteiger partial charge in [0.15, 0.2) is 0 Å². The molecule has 2 aromatic rings. The maximum Gasteiger partial charge on any atom is 0.129 e. The lowest BCUT2D eigenvalue weighted by atomic mass is 10.1. The smallest absolute Gasteiger partial charge is 0.129 e. The number of hydrogen-bond donors (Lipinski definition) is 1. The van der Waals surface area contributed by atoms with Crippen LogP contribution in [0.25, 0.3) is 0 Å². The number of thioether (sulfide) groups is 1. The Balaban J connectivity index is 2.00. The van der Waals surface area contributed by atoms with Gasteiger partial charge in [0.1, 0.15) is 11.6 Å². The standard InChI is InChI=1S/C16H16ClF2NS/c1-20-12(9-14-15(18)6-3-7-16(14)19)10-21-13-5-2-4-11(17)8-13/h2-8,12,20H,9-10H2,1H3. The van der Waals surface area contributed by atoms with Gasteiger partial charge in [-0.1, -0.05) is 23.7 Å². The summed E-state index contributed by atoms with van der Waals surface area (Å²) in [7, 11) is 1.79. The highest BCUT2D eigenvalue weighted by Gasteiger charge is 2.15. The number of rotatable bonds is 6. The first-order chi connectivity index (χ1) is 10.1. The van der Waals surface area contributed by atoms with E-state index >= 15 is 0 Å². The maximum absolute atomic E-state index is 13.7. The summed E-state index contributed by atoms with van der Waals surface area (Å²) >= 11 is 7.54. The average Bonchev–Trinajstić information content (AvgIpc) is 2.46. The molecular formula is C16H16ClF2NS. The van der Waals surface area contributed by atoms with Gasteiger partial charge in [-0.2, -0.15) is 0 Å². The largest absolute Gasteiger partial charge is 0.316 e. The topological polar surface area (TPSA) is 12.0 Å². The van der Waals surface area contributed by atoms with E-state index in [0.29, 0.717) is 17.2 Å². The molecule has 1 atom stereocenters. The van der Waals surface area contributed by atoms with Crippen molar-refractivity contribution in [2.24, 2.45) is 0 Å². The molecule has 0 aliphatic carbocycles. The fraction of sp³-hybridized carbons (Fsp3) is 0.250. The molecule has 0 amide bonds. The van der Waals surface area contributed by atoms with Crippen molar-refractivity contribution in [1.82, 2.24) is 5.32 Å². The van der Waals surface area contributed by atoms with Crippen molar-refractivity contribution in [3.8, 4) is 0 Å². The number of halogens is 3. The molecule has 1 unspecified atom stereocenters. The van der Waals surface area contributed by atoms with E-state index in [9.17, 15) is 8.78 Å². The Morgan fingerprint density at radius 1 is 1.14 bits per heavy atom. The molecule has 1 nitrogen and oxygen atoms in total. The Labute approximate surface area is 132 Å². The number of benzene rings is 2. The minimum atomic E-state index is -0.497. The van der Waals surface area contributed by atoms with Crippen molar-refractivity contribution >= 4 is 23.4 Å². The van der Waals surface area contributed by atoms with Crippen LogP contribution < -0.4 is 5.32 Å². The molecular weight excluding hydrogens is 312 g/mol. The number of hydrogen-bond acceptors (Lipinski definition) is 2. The van der Waals surface area contributed by atoms with Gasteiger partial charge in [-0.25, -0.2) is 8.78 Å². The van der Waals surface area contributed by atoms with Gasteiger partial charge in [-0.05, 0) is 43.8 Å². The molecule has 112 valence electrons. The van der Waals surface area contributed by atoms with Crippen LogP contribution in [0.3, 0.4) is 0 Å². The molecule has 0 saturated carbocycles. The number of nitrogens with one attached hydrogen (secondary N) is 1. The minimum Gasteiger partial charge on any atom is -0.316 e. The first-order valence-electron chi connectivity index (χ1n) is 6.58. The van der Waals surface area contributed by atoms with Gasteiger partial charge in [-0.15, -0.1) is 11.8 Å². The summed E-state index contributed by atoms with van der Waals surface area (Å²) in [5.41, 5.74) is 0.128. The van der Waals surface area contributed by atoms with Crippen molar-refractivity contribution in [1.29, 1.82) is 0 Å². The van der Waals surface area contributed by atoms with E-state index in [2.05, 4.69) is 5.32 Å². The second kappa shape index (κ2) is 7.78. The molecule has 0 aliphatic rings. The third kappa shape index (κ3) is 4.70. The second-order valence-electron chi connectivity index (χ2n) is 4.66. The van der Waals surface area contributed by atoms with Gasteiger partial charge in [0, 0.05) is 27.3 Å². The van der Waals surface area contributed by atoms with Crippen molar-refractivity contribution in [2.45, 2.75) is 17.4 Å². The molecule has 0 aromatic heterocycles. The summed E-state index contributed by atoms with van der Waals surface area (Å²) in [6.45, 7) is 0. The van der Waals surface area contributed by atoms with Crippen LogP contribution in [0.5, 0.6) is 0 Å². The van der Waals surface area contributed by atoms with E-state index in [4.69, 9.17) is 11.6 Å². The van der Waals surface area contributed by atoms with Gasteiger partial charge < -0.3 is 5.32 Å². The van der Waals surface area contributed by atoms with E-state index in [1.165, 1.54) is 18.2 Å². The summed E-state index contributed by atoms with van der Waals surface area (Å²) in [6, 6.07) is 11.5. The van der Waals surface area contributed by atoms with Gasteiger partial charge in [0.05, 0.1) is 0 Å². The summed E-state index contributed by atoms with van der Waals surface area (Å²) in [4.78, 5) is 1.04. The predicted octanol–water partition coefficient (Wildman–Crippen LogP) is 4.54. The van der Waals surface area contributed by atoms with Crippen molar-refractivity contribution < 1.29 is 8.78 Å². The average molecular weight is 328 g/mol. The van der Waals surface area contributed by atoms with Crippen LogP contribution in [-0.2, 0) is 6.42 Å². The molecule has 0 heterocycles. The third-order valence-corrected chi connectivity index (χ3v) is 4.56. The quantitative estimate of drug-likeness (QED) is 0.782. The lowest BCUT2D eigenvalue weighted by molar-refractivity contribution is 0.524. The molecule has 5 heteroatoms. The SMILES string of the molecule is CNC(CSc1cccc(Cl)c1)Cc1c(F)cccc1F. The van der Waals surface area contributed by atoms with Crippen molar-refractivity contribution in [2.75, 3.05) is 12.8 Å². The zero-order valence-electron chi connectivity index (χ0n) is 11.6. The first-order valence-corrected chi connectivity index (χ1v) is 7.95. The van der Waals surface area contributed by atoms with Crippen LogP contribution in [-0.4, -0.2) is 18.8 Å². The fourth-order valence-corrected chi connectivity index (χ4v) is 3.29. The van der Waals surface area contributed by atoms with Crippen LogP contribution in [0, 0.1) is 11.6 Å². The predicted molar refractivity (Wildman–Crippen MR) is 85.1 cm³/mol. The zero-order valence-corrected chi connectivity index (χ0v) is 13.1. The Hall–Kier alpha value is -1.10. The highest BCUT2D eigenvalue weighted by Crippen LogP contribution is 2.23. The van der Waals surface area contributed by atoms with Gasteiger partial charge in [0.2, 0.25) is 0 Å². The Morgan fingerprint density at radius 3 is 2.43 bits per heavy atom. The van der Waals surface area contributed by atoms with E-state index < -0.39 is 11.6 Å². The monoisotopic (exact) mass is 327 g/mol. The van der Waals surface area contributed by atoms with Crippen LogP contribution in [0.2, 0.25) is 5.02 Å². The Bertz CT molecular complexity index is 586. The third-order valence-electron chi connectivity index (χ3n) is 3.17. The summed E-state index contributed by atoms with van der Waals surface area (Å²) in [6.07, 6.45) is 0.308. The maximum atomic E-state index is 13.7. The summed E-state index contributed by atoms with van der Waals surface area (Å²) in [5.74, 6) is -0.295. The normalized spacial score (nSPS) is 12.4. The van der Waals surface area contributed by atoms with Crippen molar-refractivity contribution in [3.05, 3.63) is 64.7 Å². The first kappa shape index (κ1) is 16.3. The molecule has 2 aromatic carbocycles. The van der Waals surface area contributed by atoms with E-state index in [-0.39, 0.29) is 11.6 Å². The minimum absolute atomic E-state index is 0.0274. The van der Waals surface area contributed by atoms with E-state index in [1.807, 2.05) is 24.3 Å². The molecule has 0 spiro atoms. The molecule has 0 radical (unpaired) electrons. The highest BCUT2D eigenvalue weighted by atomic mass is 35.5. The van der Waals surface area contributed by atoms with E-state index in [1.54, 1.807) is 18.8 Å². The summed E-state index contributed by atoms with van der Waals surface area (Å²) < 4.78 is 27.3. The lowest BCUT2D eigenvalue weighted by Gasteiger charge is -2.16. The molecule has 0 fully saturated rings. The van der Waals surface area contributed by atoms with Crippen molar-refractivity contribution in [3.63, 3.8) is 0 Å². The van der Waals surface area contributed by atoms with E-state index in [0.717, 1.165) is 4.90 Å². The molecule has 2 rings (SSSR count). The Kier molecular flexibility index (Phi) is 6.03. The second-order valence-corrected chi connectivity index (χ2v) is 6.19. The molecule has 1 N–H and O–H groups in total. The molecule has 0 bridgehead atoms. The fourth-order valence-electron chi connectivity index (χ4n) is 1.97. The van der Waals surface area contributed by atoms with Gasteiger partial charge in [-0.3, -0.25) is 0 Å². The lowest BCUT2D eigenvalue weighted by Crippen LogP contribution is -2.30. The van der Waals surface area contributed by atoms with Crippen LogP contribution >= 0.6 is 23.4 Å². The van der Waals surface area contributed by atoms with Gasteiger partial charge in [0.25, 0.3) is 0 Å². The molecule has 0 saturated heterocycles. The van der Waals surface area contributed by atoms with Crippen LogP contribution in [0.4, 0.5) is 8.78 Å². The molecule has 0 aliphatic heterocycles. The van der Waals surface area contributed by atoms with Crippen LogP contribution in [0.1, 0.15) is 5.56 Å². The number of likely N-dealkylation sites (N-methyl/N-ethyl adjacent to an activating group) is 1. The van der Waals surface area contributed by atoms with Gasteiger partial charge >= 0.3 is 0 Å². The van der Waals surface area contributed by atoms with Crippen LogP contribution in [0.15, 0.2) is 47.4 Å².